The molecule has 1 saturated heterocycles. The third-order valence-corrected chi connectivity index (χ3v) is 7.05. The van der Waals surface area contributed by atoms with E-state index in [0.717, 1.165) is 17.8 Å². The fourth-order valence-electron chi connectivity index (χ4n) is 4.06. The van der Waals surface area contributed by atoms with Crippen LogP contribution in [0.25, 0.3) is 10.2 Å². The van der Waals surface area contributed by atoms with Gasteiger partial charge in [-0.15, -0.1) is 12.4 Å². The number of imide groups is 1. The van der Waals surface area contributed by atoms with Crippen LogP contribution in [0, 0.1) is 0 Å². The highest BCUT2D eigenvalue weighted by Gasteiger charge is 2.31. The predicted octanol–water partition coefficient (Wildman–Crippen LogP) is 4.37. The van der Waals surface area contributed by atoms with Gasteiger partial charge in [-0.3, -0.25) is 24.2 Å². The Balaban J connectivity index is 0.00000342. The predicted molar refractivity (Wildman–Crippen MR) is 141 cm³/mol. The fraction of sp³-hybridized carbons (Fsp3) is 0.360. The van der Waals surface area contributed by atoms with Crippen LogP contribution < -0.4 is 14.5 Å². The van der Waals surface area contributed by atoms with Gasteiger partial charge in [0.1, 0.15) is 11.3 Å². The molecule has 2 aromatic carbocycles. The molecule has 3 aromatic rings. The molecule has 35 heavy (non-hydrogen) atoms. The summed E-state index contributed by atoms with van der Waals surface area (Å²) in [6.45, 7) is 7.07. The zero-order valence-electron chi connectivity index (χ0n) is 20.0. The lowest BCUT2D eigenvalue weighted by Gasteiger charge is -2.25. The molecule has 4 rings (SSSR count). The van der Waals surface area contributed by atoms with Crippen LogP contribution in [0.1, 0.15) is 37.0 Å². The van der Waals surface area contributed by atoms with Crippen molar-refractivity contribution < 1.29 is 19.1 Å². The summed E-state index contributed by atoms with van der Waals surface area (Å²) in [6.07, 6.45) is 0.390. The monoisotopic (exact) mass is 516 g/mol. The number of carbonyl (C=O) groups excluding carboxylic acids is 3. The number of hydrogen-bond donors (Lipinski definition) is 0. The number of amides is 3. The molecule has 0 aliphatic carbocycles. The van der Waals surface area contributed by atoms with E-state index in [2.05, 4.69) is 18.7 Å². The third kappa shape index (κ3) is 5.47. The summed E-state index contributed by atoms with van der Waals surface area (Å²) in [5, 5.41) is 0.579. The SMILES string of the molecule is CCN(CC)CCN(C(=O)c1cccc(N2C(=O)CCC2=O)c1)c1nc2c(OC)cccc2s1.Cl. The number of fused-ring (bicyclic) bond motifs is 1. The van der Waals surface area contributed by atoms with E-state index >= 15 is 0 Å². The van der Waals surface area contributed by atoms with Gasteiger partial charge in [0.15, 0.2) is 5.13 Å². The maximum atomic E-state index is 13.8. The van der Waals surface area contributed by atoms with E-state index in [9.17, 15) is 14.4 Å². The van der Waals surface area contributed by atoms with Gasteiger partial charge in [-0.1, -0.05) is 37.3 Å². The second-order valence-electron chi connectivity index (χ2n) is 7.96. The molecule has 2 heterocycles. The molecule has 1 aromatic heterocycles. The number of likely N-dealkylation sites (N-methyl/N-ethyl adjacent to an activating group) is 1. The molecule has 10 heteroatoms. The van der Waals surface area contributed by atoms with Gasteiger partial charge in [-0.25, -0.2) is 4.98 Å². The Morgan fingerprint density at radius 2 is 1.74 bits per heavy atom. The molecule has 186 valence electrons. The molecular formula is C25H29ClN4O4S. The summed E-state index contributed by atoms with van der Waals surface area (Å²) in [4.78, 5) is 48.0. The standard InChI is InChI=1S/C25H28N4O4S.ClH/c1-4-27(5-2)14-15-28(25-26-23-19(33-3)10-7-11-20(23)34-25)24(32)17-8-6-9-18(16-17)29-21(30)12-13-22(29)31;/h6-11,16H,4-5,12-15H2,1-3H3;1H. The smallest absolute Gasteiger partial charge is 0.260 e. The molecule has 1 fully saturated rings. The Morgan fingerprint density at radius 3 is 2.40 bits per heavy atom. The Labute approximate surface area is 214 Å². The van der Waals surface area contributed by atoms with Crippen LogP contribution in [0.3, 0.4) is 0 Å². The van der Waals surface area contributed by atoms with Crippen molar-refractivity contribution in [3.8, 4) is 5.75 Å². The van der Waals surface area contributed by atoms with Gasteiger partial charge >= 0.3 is 0 Å². The number of carbonyl (C=O) groups is 3. The van der Waals surface area contributed by atoms with Crippen LogP contribution in [0.2, 0.25) is 0 Å². The molecule has 0 atom stereocenters. The first-order valence-electron chi connectivity index (χ1n) is 11.4. The average Bonchev–Trinajstić information content (AvgIpc) is 3.44. The van der Waals surface area contributed by atoms with E-state index in [1.165, 1.54) is 16.2 Å². The Morgan fingerprint density at radius 1 is 1.06 bits per heavy atom. The zero-order chi connectivity index (χ0) is 24.2. The second kappa shape index (κ2) is 11.6. The van der Waals surface area contributed by atoms with Gasteiger partial charge in [-0.05, 0) is 43.4 Å². The van der Waals surface area contributed by atoms with E-state index < -0.39 is 0 Å². The minimum Gasteiger partial charge on any atom is -0.494 e. The quantitative estimate of drug-likeness (QED) is 0.393. The van der Waals surface area contributed by atoms with Crippen LogP contribution in [0.15, 0.2) is 42.5 Å². The highest BCUT2D eigenvalue weighted by molar-refractivity contribution is 7.22. The van der Waals surface area contributed by atoms with Crippen molar-refractivity contribution in [2.75, 3.05) is 43.1 Å². The van der Waals surface area contributed by atoms with Crippen molar-refractivity contribution in [2.45, 2.75) is 26.7 Å². The minimum absolute atomic E-state index is 0. The maximum absolute atomic E-state index is 13.8. The zero-order valence-corrected chi connectivity index (χ0v) is 21.7. The molecule has 0 spiro atoms. The first-order chi connectivity index (χ1) is 16.5. The Kier molecular flexibility index (Phi) is 8.82. The molecule has 3 amide bonds. The van der Waals surface area contributed by atoms with Crippen molar-refractivity contribution >= 4 is 62.5 Å². The van der Waals surface area contributed by atoms with E-state index in [0.29, 0.717) is 40.7 Å². The van der Waals surface area contributed by atoms with Gasteiger partial charge in [-0.2, -0.15) is 0 Å². The Bertz CT molecular complexity index is 1210. The summed E-state index contributed by atoms with van der Waals surface area (Å²) >= 11 is 1.43. The van der Waals surface area contributed by atoms with E-state index in [1.807, 2.05) is 18.2 Å². The number of aromatic nitrogens is 1. The Hall–Kier alpha value is -3.01. The summed E-state index contributed by atoms with van der Waals surface area (Å²) in [5.41, 5.74) is 1.54. The average molecular weight is 517 g/mol. The lowest BCUT2D eigenvalue weighted by Crippen LogP contribution is -2.39. The number of hydrogen-bond acceptors (Lipinski definition) is 7. The van der Waals surface area contributed by atoms with Crippen molar-refractivity contribution in [1.29, 1.82) is 0 Å². The van der Waals surface area contributed by atoms with Crippen molar-refractivity contribution in [1.82, 2.24) is 9.88 Å². The number of anilines is 2. The molecule has 1 aliphatic rings. The van der Waals surface area contributed by atoms with Crippen LogP contribution in [0.4, 0.5) is 10.8 Å². The molecule has 1 aliphatic heterocycles. The normalized spacial score (nSPS) is 13.4. The summed E-state index contributed by atoms with van der Waals surface area (Å²) in [5.74, 6) is -0.0622. The molecule has 8 nitrogen and oxygen atoms in total. The number of methoxy groups -OCH3 is 1. The molecule has 0 unspecified atom stereocenters. The van der Waals surface area contributed by atoms with Gasteiger partial charge < -0.3 is 9.64 Å². The van der Waals surface area contributed by atoms with Gasteiger partial charge in [0.05, 0.1) is 17.5 Å². The minimum atomic E-state index is -0.244. The van der Waals surface area contributed by atoms with Crippen molar-refractivity contribution in [3.63, 3.8) is 0 Å². The number of ether oxygens (including phenoxy) is 1. The molecule has 0 N–H and O–H groups in total. The second-order valence-corrected chi connectivity index (χ2v) is 8.97. The number of rotatable bonds is 9. The van der Waals surface area contributed by atoms with Gasteiger partial charge in [0.25, 0.3) is 5.91 Å². The number of benzene rings is 2. The molecule has 0 saturated carbocycles. The highest BCUT2D eigenvalue weighted by atomic mass is 35.5. The van der Waals surface area contributed by atoms with E-state index in [-0.39, 0.29) is 43.0 Å². The molecule has 0 bridgehead atoms. The van der Waals surface area contributed by atoms with Gasteiger partial charge in [0.2, 0.25) is 11.8 Å². The number of thiazole rings is 1. The van der Waals surface area contributed by atoms with Gasteiger partial charge in [0, 0.05) is 31.5 Å². The molecule has 0 radical (unpaired) electrons. The number of nitrogens with zero attached hydrogens (tertiary/aromatic N) is 4. The largest absolute Gasteiger partial charge is 0.494 e. The maximum Gasteiger partial charge on any atom is 0.260 e. The van der Waals surface area contributed by atoms with Crippen LogP contribution in [-0.4, -0.2) is 60.9 Å². The van der Waals surface area contributed by atoms with Crippen LogP contribution >= 0.6 is 23.7 Å². The molecular weight excluding hydrogens is 488 g/mol. The number of halogens is 1. The summed E-state index contributed by atoms with van der Waals surface area (Å²) in [6, 6.07) is 12.4. The first-order valence-corrected chi connectivity index (χ1v) is 12.2. The highest BCUT2D eigenvalue weighted by Crippen LogP contribution is 2.35. The van der Waals surface area contributed by atoms with Crippen LogP contribution in [0.5, 0.6) is 5.75 Å². The third-order valence-electron chi connectivity index (χ3n) is 6.00. The van der Waals surface area contributed by atoms with E-state index in [4.69, 9.17) is 9.72 Å². The summed E-state index contributed by atoms with van der Waals surface area (Å²) in [7, 11) is 1.60. The lowest BCUT2D eigenvalue weighted by molar-refractivity contribution is -0.121. The van der Waals surface area contributed by atoms with Crippen molar-refractivity contribution in [2.24, 2.45) is 0 Å². The number of para-hydroxylation sites is 1. The van der Waals surface area contributed by atoms with Crippen LogP contribution in [-0.2, 0) is 9.59 Å². The van der Waals surface area contributed by atoms with Crippen molar-refractivity contribution in [3.05, 3.63) is 48.0 Å². The van der Waals surface area contributed by atoms with E-state index in [1.54, 1.807) is 36.3 Å². The topological polar surface area (TPSA) is 83.0 Å². The fourth-order valence-corrected chi connectivity index (χ4v) is 5.06. The lowest BCUT2D eigenvalue weighted by atomic mass is 10.1. The summed E-state index contributed by atoms with van der Waals surface area (Å²) < 4.78 is 6.38. The first kappa shape index (κ1) is 26.6.